The van der Waals surface area contributed by atoms with E-state index in [1.165, 1.54) is 44.9 Å². The van der Waals surface area contributed by atoms with Gasteiger partial charge in [-0.05, 0) is 37.8 Å². The molecule has 114 valence electrons. The molecule has 0 spiro atoms. The summed E-state index contributed by atoms with van der Waals surface area (Å²) in [4.78, 5) is 0. The lowest BCUT2D eigenvalue weighted by atomic mass is 9.89. The van der Waals surface area contributed by atoms with Gasteiger partial charge in [0.2, 0.25) is 0 Å². The lowest BCUT2D eigenvalue weighted by Gasteiger charge is -2.23. The highest BCUT2D eigenvalue weighted by Gasteiger charge is 2.23. The molecule has 0 aromatic heterocycles. The Morgan fingerprint density at radius 2 is 1.19 bits per heavy atom. The van der Waals surface area contributed by atoms with Gasteiger partial charge in [0.05, 0.1) is 0 Å². The zero-order valence-corrected chi connectivity index (χ0v) is 13.1. The number of aliphatic hydroxyl groups is 1. The van der Waals surface area contributed by atoms with Gasteiger partial charge in [0.1, 0.15) is 5.60 Å². The van der Waals surface area contributed by atoms with Crippen LogP contribution in [0.25, 0.3) is 0 Å². The smallest absolute Gasteiger partial charge is 0.125 e. The fourth-order valence-corrected chi connectivity index (χ4v) is 3.03. The van der Waals surface area contributed by atoms with E-state index in [9.17, 15) is 5.11 Å². The summed E-state index contributed by atoms with van der Waals surface area (Å²) in [6.45, 7) is 0. The van der Waals surface area contributed by atoms with Gasteiger partial charge in [0.15, 0.2) is 0 Å². The Hall–Kier alpha value is -1.26. The largest absolute Gasteiger partial charge is 0.378 e. The van der Waals surface area contributed by atoms with Gasteiger partial charge in [-0.3, -0.25) is 0 Å². The van der Waals surface area contributed by atoms with E-state index in [2.05, 4.69) is 11.8 Å². The van der Waals surface area contributed by atoms with Gasteiger partial charge in [-0.15, -0.1) is 0 Å². The van der Waals surface area contributed by atoms with Crippen molar-refractivity contribution >= 4 is 0 Å². The standard InChI is InChI=1S/C20H28O/c21-20(18-15-19-13-9-8-10-14-19)16-11-6-4-2-1-3-5-7-12-17-20/h8-10,13-14,21H,1-7,11-12,16-17H2. The topological polar surface area (TPSA) is 20.2 Å². The molecule has 0 heterocycles. The average molecular weight is 284 g/mol. The molecule has 1 nitrogen and oxygen atoms in total. The predicted octanol–water partition coefficient (Wildman–Crippen LogP) is 5.07. The van der Waals surface area contributed by atoms with Crippen LogP contribution in [0, 0.1) is 11.8 Å². The van der Waals surface area contributed by atoms with Crippen molar-refractivity contribution in [2.45, 2.75) is 76.2 Å². The summed E-state index contributed by atoms with van der Waals surface area (Å²) in [5.74, 6) is 6.34. The lowest BCUT2D eigenvalue weighted by Crippen LogP contribution is -2.26. The normalized spacial score (nSPS) is 20.4. The van der Waals surface area contributed by atoms with Crippen molar-refractivity contribution in [3.63, 3.8) is 0 Å². The molecule has 0 atom stereocenters. The van der Waals surface area contributed by atoms with Gasteiger partial charge in [-0.25, -0.2) is 0 Å². The fourth-order valence-electron chi connectivity index (χ4n) is 3.03. The molecule has 1 aliphatic carbocycles. The Morgan fingerprint density at radius 1 is 0.714 bits per heavy atom. The molecule has 1 heteroatoms. The number of hydrogen-bond acceptors (Lipinski definition) is 1. The van der Waals surface area contributed by atoms with E-state index < -0.39 is 5.60 Å². The molecular weight excluding hydrogens is 256 g/mol. The molecule has 1 fully saturated rings. The Balaban J connectivity index is 1.99. The highest BCUT2D eigenvalue weighted by atomic mass is 16.3. The molecule has 1 aromatic rings. The van der Waals surface area contributed by atoms with Crippen LogP contribution < -0.4 is 0 Å². The monoisotopic (exact) mass is 284 g/mol. The maximum absolute atomic E-state index is 10.8. The molecule has 21 heavy (non-hydrogen) atoms. The lowest BCUT2D eigenvalue weighted by molar-refractivity contribution is 0.0758. The second-order valence-corrected chi connectivity index (χ2v) is 6.33. The van der Waals surface area contributed by atoms with Crippen LogP contribution in [-0.2, 0) is 0 Å². The van der Waals surface area contributed by atoms with E-state index in [0.29, 0.717) is 0 Å². The first-order valence-corrected chi connectivity index (χ1v) is 8.59. The van der Waals surface area contributed by atoms with Crippen molar-refractivity contribution in [2.24, 2.45) is 0 Å². The zero-order valence-electron chi connectivity index (χ0n) is 13.1. The van der Waals surface area contributed by atoms with Crippen molar-refractivity contribution in [1.82, 2.24) is 0 Å². The first-order chi connectivity index (χ1) is 10.3. The number of rotatable bonds is 0. The summed E-state index contributed by atoms with van der Waals surface area (Å²) in [5, 5.41) is 10.8. The molecule has 2 rings (SSSR count). The van der Waals surface area contributed by atoms with Gasteiger partial charge >= 0.3 is 0 Å². The summed E-state index contributed by atoms with van der Waals surface area (Å²) in [7, 11) is 0. The number of benzene rings is 1. The van der Waals surface area contributed by atoms with Gasteiger partial charge in [-0.2, -0.15) is 0 Å². The highest BCUT2D eigenvalue weighted by molar-refractivity contribution is 5.35. The second-order valence-electron chi connectivity index (χ2n) is 6.33. The molecule has 1 N–H and O–H groups in total. The van der Waals surface area contributed by atoms with E-state index in [1.54, 1.807) is 0 Å². The Kier molecular flexibility index (Phi) is 6.83. The molecule has 1 saturated carbocycles. The van der Waals surface area contributed by atoms with Crippen molar-refractivity contribution in [3.05, 3.63) is 35.9 Å². The quantitative estimate of drug-likeness (QED) is 0.659. The first kappa shape index (κ1) is 16.1. The highest BCUT2D eigenvalue weighted by Crippen LogP contribution is 2.24. The molecule has 0 bridgehead atoms. The van der Waals surface area contributed by atoms with Crippen LogP contribution in [0.15, 0.2) is 30.3 Å². The molecule has 0 aliphatic heterocycles. The van der Waals surface area contributed by atoms with Crippen molar-refractivity contribution in [1.29, 1.82) is 0 Å². The zero-order chi connectivity index (χ0) is 14.8. The molecule has 0 amide bonds. The Morgan fingerprint density at radius 3 is 1.71 bits per heavy atom. The van der Waals surface area contributed by atoms with E-state index in [0.717, 1.165) is 31.2 Å². The van der Waals surface area contributed by atoms with Gasteiger partial charge in [-0.1, -0.05) is 75.0 Å². The third-order valence-corrected chi connectivity index (χ3v) is 4.39. The van der Waals surface area contributed by atoms with Crippen molar-refractivity contribution < 1.29 is 5.11 Å². The van der Waals surface area contributed by atoms with Crippen LogP contribution in [0.4, 0.5) is 0 Å². The summed E-state index contributed by atoms with van der Waals surface area (Å²) in [6.07, 6.45) is 13.0. The van der Waals surface area contributed by atoms with Gasteiger partial charge in [0, 0.05) is 5.56 Å². The van der Waals surface area contributed by atoms with Crippen LogP contribution in [0.3, 0.4) is 0 Å². The fraction of sp³-hybridized carbons (Fsp3) is 0.600. The third-order valence-electron chi connectivity index (χ3n) is 4.39. The summed E-state index contributed by atoms with van der Waals surface area (Å²) >= 11 is 0. The molecule has 1 aromatic carbocycles. The summed E-state index contributed by atoms with van der Waals surface area (Å²) < 4.78 is 0. The van der Waals surface area contributed by atoms with Crippen LogP contribution in [-0.4, -0.2) is 10.7 Å². The van der Waals surface area contributed by atoms with E-state index >= 15 is 0 Å². The van der Waals surface area contributed by atoms with Crippen LogP contribution in [0.5, 0.6) is 0 Å². The van der Waals surface area contributed by atoms with Gasteiger partial charge in [0.25, 0.3) is 0 Å². The molecule has 0 unspecified atom stereocenters. The second kappa shape index (κ2) is 8.90. The SMILES string of the molecule is OC1(C#Cc2ccccc2)CCCCCCCCCCC1. The van der Waals surface area contributed by atoms with Gasteiger partial charge < -0.3 is 5.11 Å². The minimum Gasteiger partial charge on any atom is -0.378 e. The minimum atomic E-state index is -0.783. The predicted molar refractivity (Wildman–Crippen MR) is 89.1 cm³/mol. The molecule has 0 radical (unpaired) electrons. The maximum Gasteiger partial charge on any atom is 0.125 e. The molecular formula is C20H28O. The average Bonchev–Trinajstić information content (AvgIpc) is 2.50. The molecule has 1 aliphatic rings. The van der Waals surface area contributed by atoms with E-state index in [4.69, 9.17) is 0 Å². The van der Waals surface area contributed by atoms with Crippen molar-refractivity contribution in [2.75, 3.05) is 0 Å². The number of hydrogen-bond donors (Lipinski definition) is 1. The van der Waals surface area contributed by atoms with Crippen LogP contribution in [0.2, 0.25) is 0 Å². The van der Waals surface area contributed by atoms with E-state index in [1.807, 2.05) is 30.3 Å². The minimum absolute atomic E-state index is 0.783. The van der Waals surface area contributed by atoms with E-state index in [-0.39, 0.29) is 0 Å². The third kappa shape index (κ3) is 6.36. The molecule has 0 saturated heterocycles. The Labute approximate surface area is 129 Å². The van der Waals surface area contributed by atoms with Crippen LogP contribution >= 0.6 is 0 Å². The Bertz CT molecular complexity index is 440. The summed E-state index contributed by atoms with van der Waals surface area (Å²) in [6, 6.07) is 10.00. The van der Waals surface area contributed by atoms with Crippen LogP contribution in [0.1, 0.15) is 76.2 Å². The first-order valence-electron chi connectivity index (χ1n) is 8.59. The van der Waals surface area contributed by atoms with Crippen molar-refractivity contribution in [3.8, 4) is 11.8 Å². The maximum atomic E-state index is 10.8. The summed E-state index contributed by atoms with van der Waals surface area (Å²) in [5.41, 5.74) is 0.215.